The third-order valence-electron chi connectivity index (χ3n) is 4.79. The highest BCUT2D eigenvalue weighted by Gasteiger charge is 2.27. The molecular weight excluding hydrogens is 400 g/mol. The summed E-state index contributed by atoms with van der Waals surface area (Å²) in [6, 6.07) is 14.3. The van der Waals surface area contributed by atoms with Crippen LogP contribution in [0.5, 0.6) is 5.75 Å². The number of rotatable bonds is 9. The maximum atomic E-state index is 13.1. The first-order chi connectivity index (χ1) is 14.2. The molecule has 0 saturated heterocycles. The van der Waals surface area contributed by atoms with Gasteiger partial charge in [0.1, 0.15) is 11.8 Å². The van der Waals surface area contributed by atoms with Crippen LogP contribution in [0, 0.1) is 0 Å². The van der Waals surface area contributed by atoms with Gasteiger partial charge in [-0.3, -0.25) is 9.59 Å². The number of carbonyl (C=O) groups is 2. The maximum absolute atomic E-state index is 13.1. The molecule has 1 atom stereocenters. The van der Waals surface area contributed by atoms with Crippen LogP contribution in [0.3, 0.4) is 0 Å². The third kappa shape index (κ3) is 6.49. The van der Waals surface area contributed by atoms with Crippen molar-refractivity contribution in [1.82, 2.24) is 10.2 Å². The van der Waals surface area contributed by atoms with Gasteiger partial charge in [0, 0.05) is 17.6 Å². The highest BCUT2D eigenvalue weighted by molar-refractivity contribution is 6.31. The van der Waals surface area contributed by atoms with Crippen LogP contribution in [0.1, 0.15) is 51.7 Å². The average Bonchev–Trinajstić information content (AvgIpc) is 2.70. The number of halogens is 1. The van der Waals surface area contributed by atoms with Gasteiger partial charge < -0.3 is 15.0 Å². The van der Waals surface area contributed by atoms with E-state index in [9.17, 15) is 9.59 Å². The van der Waals surface area contributed by atoms with E-state index in [1.165, 1.54) is 4.90 Å². The second-order valence-electron chi connectivity index (χ2n) is 7.93. The Labute approximate surface area is 184 Å². The zero-order valence-electron chi connectivity index (χ0n) is 18.3. The Morgan fingerprint density at radius 1 is 1.00 bits per heavy atom. The molecule has 162 valence electrons. The molecule has 0 aliphatic carbocycles. The first-order valence-electron chi connectivity index (χ1n) is 10.3. The second kappa shape index (κ2) is 11.0. The number of carbonyl (C=O) groups excluding carboxylic acids is 2. The monoisotopic (exact) mass is 430 g/mol. The van der Waals surface area contributed by atoms with Crippen LogP contribution in [-0.2, 0) is 16.1 Å². The van der Waals surface area contributed by atoms with Gasteiger partial charge in [-0.1, -0.05) is 61.8 Å². The molecule has 0 saturated carbocycles. The molecule has 0 spiro atoms. The third-order valence-corrected chi connectivity index (χ3v) is 5.16. The van der Waals surface area contributed by atoms with Crippen molar-refractivity contribution in [3.63, 3.8) is 0 Å². The summed E-state index contributed by atoms with van der Waals surface area (Å²) in [5, 5.41) is 3.42. The van der Waals surface area contributed by atoms with Crippen molar-refractivity contribution in [3.8, 4) is 5.75 Å². The molecule has 0 aliphatic heterocycles. The van der Waals surface area contributed by atoms with Crippen LogP contribution in [0.25, 0.3) is 0 Å². The van der Waals surface area contributed by atoms with E-state index in [-0.39, 0.29) is 36.9 Å². The van der Waals surface area contributed by atoms with Crippen molar-refractivity contribution >= 4 is 23.4 Å². The van der Waals surface area contributed by atoms with E-state index in [1.807, 2.05) is 56.3 Å². The van der Waals surface area contributed by atoms with Gasteiger partial charge >= 0.3 is 0 Å². The smallest absolute Gasteiger partial charge is 0.261 e. The zero-order valence-corrected chi connectivity index (χ0v) is 19.1. The summed E-state index contributed by atoms with van der Waals surface area (Å²) >= 11 is 6.30. The highest BCUT2D eigenvalue weighted by atomic mass is 35.5. The lowest BCUT2D eigenvalue weighted by atomic mass is 10.0. The van der Waals surface area contributed by atoms with Gasteiger partial charge in [0.25, 0.3) is 5.91 Å². The number of hydrogen-bond acceptors (Lipinski definition) is 3. The minimum absolute atomic E-state index is 0.0219. The highest BCUT2D eigenvalue weighted by Crippen LogP contribution is 2.26. The van der Waals surface area contributed by atoms with Gasteiger partial charge in [0.15, 0.2) is 6.61 Å². The van der Waals surface area contributed by atoms with E-state index >= 15 is 0 Å². The quantitative estimate of drug-likeness (QED) is 0.622. The largest absolute Gasteiger partial charge is 0.483 e. The normalized spacial score (nSPS) is 12.0. The molecule has 0 unspecified atom stereocenters. The summed E-state index contributed by atoms with van der Waals surface area (Å²) in [5.41, 5.74) is 1.81. The Kier molecular flexibility index (Phi) is 8.72. The fraction of sp³-hybridized carbons (Fsp3) is 0.417. The summed E-state index contributed by atoms with van der Waals surface area (Å²) in [5.74, 6) is 0.456. The molecule has 0 heterocycles. The Morgan fingerprint density at radius 2 is 1.63 bits per heavy atom. The lowest BCUT2D eigenvalue weighted by Gasteiger charge is -2.29. The SMILES string of the molecule is CC(C)NC(=O)[C@H](C)N(Cc1ccccc1Cl)C(=O)COc1ccccc1C(C)C. The Hall–Kier alpha value is -2.53. The van der Waals surface area contributed by atoms with Crippen LogP contribution in [0.2, 0.25) is 5.02 Å². The molecule has 2 aromatic rings. The van der Waals surface area contributed by atoms with E-state index in [0.717, 1.165) is 11.1 Å². The van der Waals surface area contributed by atoms with Gasteiger partial charge in [-0.15, -0.1) is 0 Å². The summed E-state index contributed by atoms with van der Waals surface area (Å²) in [7, 11) is 0. The van der Waals surface area contributed by atoms with E-state index < -0.39 is 6.04 Å². The Bertz CT molecular complexity index is 867. The zero-order chi connectivity index (χ0) is 22.3. The minimum atomic E-state index is -0.667. The number of hydrogen-bond donors (Lipinski definition) is 1. The van der Waals surface area contributed by atoms with E-state index in [2.05, 4.69) is 19.2 Å². The van der Waals surface area contributed by atoms with E-state index in [4.69, 9.17) is 16.3 Å². The van der Waals surface area contributed by atoms with Crippen LogP contribution >= 0.6 is 11.6 Å². The predicted octanol–water partition coefficient (Wildman–Crippen LogP) is 4.78. The van der Waals surface area contributed by atoms with Crippen molar-refractivity contribution < 1.29 is 14.3 Å². The van der Waals surface area contributed by atoms with Gasteiger partial charge in [-0.2, -0.15) is 0 Å². The van der Waals surface area contributed by atoms with Gasteiger partial charge in [0.05, 0.1) is 0 Å². The number of benzene rings is 2. The number of nitrogens with zero attached hydrogens (tertiary/aromatic N) is 1. The molecule has 2 rings (SSSR count). The summed E-state index contributed by atoms with van der Waals surface area (Å²) in [4.78, 5) is 27.2. The molecule has 6 heteroatoms. The summed E-state index contributed by atoms with van der Waals surface area (Å²) in [6.07, 6.45) is 0. The van der Waals surface area contributed by atoms with Gasteiger partial charge in [-0.25, -0.2) is 0 Å². The standard InChI is InChI=1S/C24H31ClN2O3/c1-16(2)20-11-7-9-13-22(20)30-15-23(28)27(18(5)24(29)26-17(3)4)14-19-10-6-8-12-21(19)25/h6-13,16-18H,14-15H2,1-5H3,(H,26,29)/t18-/m0/s1. The van der Waals surface area contributed by atoms with Gasteiger partial charge in [0.2, 0.25) is 5.91 Å². The number of ether oxygens (including phenoxy) is 1. The predicted molar refractivity (Wildman–Crippen MR) is 121 cm³/mol. The fourth-order valence-corrected chi connectivity index (χ4v) is 3.30. The average molecular weight is 431 g/mol. The second-order valence-corrected chi connectivity index (χ2v) is 8.34. The number of amides is 2. The Morgan fingerprint density at radius 3 is 2.27 bits per heavy atom. The van der Waals surface area contributed by atoms with Crippen LogP contribution < -0.4 is 10.1 Å². The van der Waals surface area contributed by atoms with E-state index in [1.54, 1.807) is 13.0 Å². The summed E-state index contributed by atoms with van der Waals surface area (Å²) in [6.45, 7) is 9.70. The molecule has 0 fully saturated rings. The number of para-hydroxylation sites is 1. The van der Waals surface area contributed by atoms with Crippen LogP contribution in [-0.4, -0.2) is 35.4 Å². The first-order valence-corrected chi connectivity index (χ1v) is 10.6. The molecule has 1 N–H and O–H groups in total. The summed E-state index contributed by atoms with van der Waals surface area (Å²) < 4.78 is 5.86. The maximum Gasteiger partial charge on any atom is 0.261 e. The molecule has 0 bridgehead atoms. The number of nitrogens with one attached hydrogen (secondary N) is 1. The lowest BCUT2D eigenvalue weighted by molar-refractivity contribution is -0.142. The van der Waals surface area contributed by atoms with Crippen molar-refractivity contribution in [3.05, 3.63) is 64.7 Å². The first kappa shape index (κ1) is 23.7. The van der Waals surface area contributed by atoms with Crippen LogP contribution in [0.4, 0.5) is 0 Å². The van der Waals surface area contributed by atoms with Crippen molar-refractivity contribution in [2.24, 2.45) is 0 Å². The fourth-order valence-electron chi connectivity index (χ4n) is 3.11. The minimum Gasteiger partial charge on any atom is -0.483 e. The van der Waals surface area contributed by atoms with Crippen molar-refractivity contribution in [2.45, 2.75) is 59.2 Å². The van der Waals surface area contributed by atoms with Crippen molar-refractivity contribution in [2.75, 3.05) is 6.61 Å². The molecular formula is C24H31ClN2O3. The molecule has 0 aliphatic rings. The molecule has 0 aromatic heterocycles. The van der Waals surface area contributed by atoms with E-state index in [0.29, 0.717) is 10.8 Å². The Balaban J connectivity index is 2.21. The topological polar surface area (TPSA) is 58.6 Å². The van der Waals surface area contributed by atoms with Crippen LogP contribution in [0.15, 0.2) is 48.5 Å². The molecule has 5 nitrogen and oxygen atoms in total. The lowest BCUT2D eigenvalue weighted by Crippen LogP contribution is -2.50. The molecule has 30 heavy (non-hydrogen) atoms. The molecule has 0 radical (unpaired) electrons. The van der Waals surface area contributed by atoms with Gasteiger partial charge in [-0.05, 0) is 49.9 Å². The molecule has 2 amide bonds. The molecule has 2 aromatic carbocycles. The van der Waals surface area contributed by atoms with Crippen molar-refractivity contribution in [1.29, 1.82) is 0 Å².